The van der Waals surface area contributed by atoms with Crippen molar-refractivity contribution in [3.05, 3.63) is 12.2 Å². The number of hydrogen-bond donors (Lipinski definition) is 0. The molecule has 2 rings (SSSR count). The summed E-state index contributed by atoms with van der Waals surface area (Å²) in [5.74, 6) is 1.44. The zero-order valence-corrected chi connectivity index (χ0v) is 13.0. The standard InChI is InChI=1S/C17H30O/c1-16(2,3)12-10-13-8-7-9-14(17(4,5)6)15(11-12)18-13/h7-8,12-15H,9-11H2,1-6H3. The Morgan fingerprint density at radius 1 is 0.944 bits per heavy atom. The Bertz CT molecular complexity index is 315. The van der Waals surface area contributed by atoms with Crippen molar-refractivity contribution >= 4 is 0 Å². The van der Waals surface area contributed by atoms with Crippen LogP contribution in [0.4, 0.5) is 0 Å². The highest BCUT2D eigenvalue weighted by Crippen LogP contribution is 2.45. The van der Waals surface area contributed by atoms with E-state index in [1.807, 2.05) is 0 Å². The molecule has 0 saturated carbocycles. The third kappa shape index (κ3) is 2.99. The van der Waals surface area contributed by atoms with E-state index in [1.165, 1.54) is 19.3 Å². The summed E-state index contributed by atoms with van der Waals surface area (Å²) in [4.78, 5) is 0. The first-order valence-corrected chi connectivity index (χ1v) is 7.50. The summed E-state index contributed by atoms with van der Waals surface area (Å²) < 4.78 is 6.32. The average Bonchev–Trinajstić information content (AvgIpc) is 2.34. The van der Waals surface area contributed by atoms with Gasteiger partial charge in [0, 0.05) is 0 Å². The second-order valence-electron chi connectivity index (χ2n) is 8.38. The summed E-state index contributed by atoms with van der Waals surface area (Å²) in [7, 11) is 0. The lowest BCUT2D eigenvalue weighted by molar-refractivity contribution is -0.109. The van der Waals surface area contributed by atoms with Crippen LogP contribution in [0, 0.1) is 22.7 Å². The first-order chi connectivity index (χ1) is 8.18. The highest BCUT2D eigenvalue weighted by Gasteiger charge is 2.42. The Hall–Kier alpha value is -0.300. The first kappa shape index (κ1) is 14.1. The second-order valence-corrected chi connectivity index (χ2v) is 8.38. The summed E-state index contributed by atoms with van der Waals surface area (Å²) >= 11 is 0. The molecule has 0 aromatic heterocycles. The lowest BCUT2D eigenvalue weighted by atomic mass is 9.68. The SMILES string of the molecule is CC(C)(C)C1CC2C=CCC(C(C)(C)C)C(C1)O2. The number of allylic oxidation sites excluding steroid dienone is 1. The molecule has 0 amide bonds. The zero-order valence-electron chi connectivity index (χ0n) is 13.0. The van der Waals surface area contributed by atoms with Crippen LogP contribution in [0.15, 0.2) is 12.2 Å². The van der Waals surface area contributed by atoms with Gasteiger partial charge in [0.2, 0.25) is 0 Å². The molecule has 2 heterocycles. The molecule has 1 heteroatoms. The van der Waals surface area contributed by atoms with Crippen LogP contribution >= 0.6 is 0 Å². The normalized spacial score (nSPS) is 37.4. The minimum absolute atomic E-state index is 0.337. The van der Waals surface area contributed by atoms with E-state index in [1.54, 1.807) is 0 Å². The van der Waals surface area contributed by atoms with E-state index in [-0.39, 0.29) is 0 Å². The van der Waals surface area contributed by atoms with Gasteiger partial charge in [0.15, 0.2) is 0 Å². The quantitative estimate of drug-likeness (QED) is 0.560. The average molecular weight is 250 g/mol. The van der Waals surface area contributed by atoms with Crippen molar-refractivity contribution in [1.29, 1.82) is 0 Å². The molecule has 1 fully saturated rings. The minimum Gasteiger partial charge on any atom is -0.371 e. The smallest absolute Gasteiger partial charge is 0.0762 e. The maximum absolute atomic E-state index is 6.32. The van der Waals surface area contributed by atoms with Gasteiger partial charge < -0.3 is 4.74 Å². The van der Waals surface area contributed by atoms with Crippen LogP contribution < -0.4 is 0 Å². The van der Waals surface area contributed by atoms with E-state index in [0.717, 1.165) is 5.92 Å². The molecule has 1 saturated heterocycles. The van der Waals surface area contributed by atoms with E-state index in [4.69, 9.17) is 4.74 Å². The third-order valence-corrected chi connectivity index (χ3v) is 4.91. The fourth-order valence-electron chi connectivity index (χ4n) is 3.52. The summed E-state index contributed by atoms with van der Waals surface area (Å²) in [6.07, 6.45) is 9.11. The molecule has 0 aromatic carbocycles. The van der Waals surface area contributed by atoms with Gasteiger partial charge in [0.1, 0.15) is 0 Å². The second kappa shape index (κ2) is 4.67. The molecule has 4 unspecified atom stereocenters. The van der Waals surface area contributed by atoms with Gasteiger partial charge in [-0.1, -0.05) is 53.7 Å². The largest absolute Gasteiger partial charge is 0.371 e. The van der Waals surface area contributed by atoms with Gasteiger partial charge in [-0.3, -0.25) is 0 Å². The summed E-state index contributed by atoms with van der Waals surface area (Å²) in [5.41, 5.74) is 0.741. The Kier molecular flexibility index (Phi) is 3.66. The molecular formula is C17H30O. The van der Waals surface area contributed by atoms with E-state index >= 15 is 0 Å². The number of hydrogen-bond acceptors (Lipinski definition) is 1. The molecule has 0 spiro atoms. The third-order valence-electron chi connectivity index (χ3n) is 4.91. The fourth-order valence-corrected chi connectivity index (χ4v) is 3.52. The highest BCUT2D eigenvalue weighted by atomic mass is 16.5. The molecule has 18 heavy (non-hydrogen) atoms. The Morgan fingerprint density at radius 2 is 1.61 bits per heavy atom. The molecule has 2 aliphatic heterocycles. The van der Waals surface area contributed by atoms with Crippen molar-refractivity contribution in [3.63, 3.8) is 0 Å². The van der Waals surface area contributed by atoms with Crippen LogP contribution in [0.25, 0.3) is 0 Å². The molecule has 4 atom stereocenters. The molecule has 0 aliphatic carbocycles. The van der Waals surface area contributed by atoms with Crippen LogP contribution in [-0.4, -0.2) is 12.2 Å². The maximum atomic E-state index is 6.32. The molecule has 2 aliphatic rings. The van der Waals surface area contributed by atoms with Gasteiger partial charge in [0.25, 0.3) is 0 Å². The molecular weight excluding hydrogens is 220 g/mol. The maximum Gasteiger partial charge on any atom is 0.0762 e. The van der Waals surface area contributed by atoms with E-state index < -0.39 is 0 Å². The molecule has 2 bridgehead atoms. The van der Waals surface area contributed by atoms with Gasteiger partial charge in [-0.25, -0.2) is 0 Å². The number of ether oxygens (including phenoxy) is 1. The first-order valence-electron chi connectivity index (χ1n) is 7.50. The topological polar surface area (TPSA) is 9.23 Å². The van der Waals surface area contributed by atoms with Crippen LogP contribution in [-0.2, 0) is 4.74 Å². The van der Waals surface area contributed by atoms with Crippen LogP contribution in [0.1, 0.15) is 60.8 Å². The molecule has 1 nitrogen and oxygen atoms in total. The molecule has 0 aromatic rings. The van der Waals surface area contributed by atoms with E-state index in [0.29, 0.717) is 29.0 Å². The Labute approximate surface area is 113 Å². The van der Waals surface area contributed by atoms with Crippen molar-refractivity contribution in [2.45, 2.75) is 73.0 Å². The predicted octanol–water partition coefficient (Wildman–Crippen LogP) is 4.82. The minimum atomic E-state index is 0.337. The summed E-state index contributed by atoms with van der Waals surface area (Å²) in [5, 5.41) is 0. The molecule has 0 radical (unpaired) electrons. The summed E-state index contributed by atoms with van der Waals surface area (Å²) in [6.45, 7) is 14.2. The number of rotatable bonds is 0. The predicted molar refractivity (Wildman–Crippen MR) is 77.5 cm³/mol. The van der Waals surface area contributed by atoms with Crippen molar-refractivity contribution in [1.82, 2.24) is 0 Å². The van der Waals surface area contributed by atoms with Gasteiger partial charge in [-0.05, 0) is 41.9 Å². The van der Waals surface area contributed by atoms with Crippen molar-refractivity contribution in [3.8, 4) is 0 Å². The van der Waals surface area contributed by atoms with Crippen molar-refractivity contribution in [2.24, 2.45) is 22.7 Å². The van der Waals surface area contributed by atoms with E-state index in [2.05, 4.69) is 53.7 Å². The Morgan fingerprint density at radius 3 is 2.17 bits per heavy atom. The monoisotopic (exact) mass is 250 g/mol. The lowest BCUT2D eigenvalue weighted by Gasteiger charge is -2.45. The van der Waals surface area contributed by atoms with Crippen LogP contribution in [0.5, 0.6) is 0 Å². The fraction of sp³-hybridized carbons (Fsp3) is 0.882. The lowest BCUT2D eigenvalue weighted by Crippen LogP contribution is -2.43. The van der Waals surface area contributed by atoms with Gasteiger partial charge in [-0.2, -0.15) is 0 Å². The number of fused-ring (bicyclic) bond motifs is 2. The van der Waals surface area contributed by atoms with Crippen LogP contribution in [0.2, 0.25) is 0 Å². The van der Waals surface area contributed by atoms with E-state index in [9.17, 15) is 0 Å². The van der Waals surface area contributed by atoms with Crippen molar-refractivity contribution < 1.29 is 4.74 Å². The highest BCUT2D eigenvalue weighted by molar-refractivity contribution is 5.03. The molecule has 104 valence electrons. The Balaban J connectivity index is 2.20. The molecule has 0 N–H and O–H groups in total. The van der Waals surface area contributed by atoms with Gasteiger partial charge in [0.05, 0.1) is 12.2 Å². The van der Waals surface area contributed by atoms with Gasteiger partial charge >= 0.3 is 0 Å². The van der Waals surface area contributed by atoms with Crippen molar-refractivity contribution in [2.75, 3.05) is 0 Å². The van der Waals surface area contributed by atoms with Gasteiger partial charge in [-0.15, -0.1) is 0 Å². The van der Waals surface area contributed by atoms with Crippen LogP contribution in [0.3, 0.4) is 0 Å². The zero-order chi connectivity index (χ0) is 13.6. The summed E-state index contributed by atoms with van der Waals surface area (Å²) in [6, 6.07) is 0.